The second kappa shape index (κ2) is 9.43. The molecule has 0 saturated carbocycles. The van der Waals surface area contributed by atoms with Gasteiger partial charge in [0.15, 0.2) is 0 Å². The Balaban J connectivity index is 1.35. The lowest BCUT2D eigenvalue weighted by atomic mass is 9.96. The van der Waals surface area contributed by atoms with Gasteiger partial charge in [-0.05, 0) is 41.3 Å². The molecule has 2 aliphatic heterocycles. The third-order valence-corrected chi connectivity index (χ3v) is 7.59. The van der Waals surface area contributed by atoms with Crippen molar-refractivity contribution < 1.29 is 22.4 Å². The van der Waals surface area contributed by atoms with E-state index in [4.69, 9.17) is 0 Å². The van der Waals surface area contributed by atoms with Crippen LogP contribution >= 0.6 is 0 Å². The number of anilines is 1. The first kappa shape index (κ1) is 24.9. The molecular formula is C25H29FN4O4S. The average molecular weight is 501 g/mol. The second-order valence-electron chi connectivity index (χ2n) is 9.76. The number of nitrogens with one attached hydrogen (secondary N) is 2. The second-order valence-corrected chi connectivity index (χ2v) is 11.4. The summed E-state index contributed by atoms with van der Waals surface area (Å²) in [6.07, 6.45) is 2.32. The molecule has 0 atom stereocenters. The van der Waals surface area contributed by atoms with Gasteiger partial charge in [-0.3, -0.25) is 4.79 Å². The van der Waals surface area contributed by atoms with Crippen LogP contribution in [0.2, 0.25) is 0 Å². The van der Waals surface area contributed by atoms with Gasteiger partial charge in [-0.15, -0.1) is 0 Å². The van der Waals surface area contributed by atoms with Crippen molar-refractivity contribution in [3.8, 4) is 0 Å². The molecule has 186 valence electrons. The molecule has 35 heavy (non-hydrogen) atoms. The van der Waals surface area contributed by atoms with Gasteiger partial charge in [0.05, 0.1) is 6.54 Å². The van der Waals surface area contributed by atoms with Crippen molar-refractivity contribution in [1.29, 1.82) is 0 Å². The minimum atomic E-state index is -3.91. The van der Waals surface area contributed by atoms with Gasteiger partial charge >= 0.3 is 16.2 Å². The predicted molar refractivity (Wildman–Crippen MR) is 132 cm³/mol. The van der Waals surface area contributed by atoms with Crippen LogP contribution in [0.1, 0.15) is 43.9 Å². The number of benzene rings is 2. The standard InChI is InChI=1S/C25H29FN4O4S/c1-25(2,3)23(31)28-35(33,34)30-13-11-18(12-14-30)17-7-9-20(10-8-17)27-24(32)29-15-19-5-4-6-22(26)21(19)16-29/h4-11H,12-16H2,1-3H3,(H,27,32)(H,28,31). The molecule has 2 aromatic carbocycles. The summed E-state index contributed by atoms with van der Waals surface area (Å²) < 4.78 is 42.4. The smallest absolute Gasteiger partial charge is 0.316 e. The SMILES string of the molecule is CC(C)(C)C(=O)NS(=O)(=O)N1CC=C(c2ccc(NC(=O)N3Cc4cccc(F)c4C3)cc2)CC1. The first-order valence-corrected chi connectivity index (χ1v) is 12.8. The fourth-order valence-corrected chi connectivity index (χ4v) is 5.23. The molecule has 0 aliphatic carbocycles. The van der Waals surface area contributed by atoms with Crippen molar-refractivity contribution in [2.75, 3.05) is 18.4 Å². The van der Waals surface area contributed by atoms with Gasteiger partial charge in [0.2, 0.25) is 5.91 Å². The highest BCUT2D eigenvalue weighted by molar-refractivity contribution is 7.87. The van der Waals surface area contributed by atoms with Crippen LogP contribution in [0.15, 0.2) is 48.5 Å². The zero-order valence-electron chi connectivity index (χ0n) is 20.0. The Bertz CT molecular complexity index is 1280. The van der Waals surface area contributed by atoms with Gasteiger partial charge in [-0.1, -0.05) is 51.1 Å². The molecule has 2 heterocycles. The molecule has 0 aromatic heterocycles. The number of amides is 3. The number of carbonyl (C=O) groups is 2. The summed E-state index contributed by atoms with van der Waals surface area (Å²) in [7, 11) is -3.91. The Morgan fingerprint density at radius 1 is 1.03 bits per heavy atom. The van der Waals surface area contributed by atoms with E-state index in [0.717, 1.165) is 16.7 Å². The van der Waals surface area contributed by atoms with E-state index < -0.39 is 21.5 Å². The van der Waals surface area contributed by atoms with E-state index in [1.54, 1.807) is 43.9 Å². The first-order valence-electron chi connectivity index (χ1n) is 11.4. The zero-order valence-corrected chi connectivity index (χ0v) is 20.8. The molecule has 3 amide bonds. The summed E-state index contributed by atoms with van der Waals surface area (Å²) in [5, 5.41) is 2.84. The van der Waals surface area contributed by atoms with E-state index in [1.165, 1.54) is 10.4 Å². The van der Waals surface area contributed by atoms with Gasteiger partial charge < -0.3 is 10.2 Å². The number of rotatable bonds is 4. The highest BCUT2D eigenvalue weighted by atomic mass is 32.2. The number of hydrogen-bond acceptors (Lipinski definition) is 4. The maximum absolute atomic E-state index is 13.9. The molecule has 2 N–H and O–H groups in total. The quantitative estimate of drug-likeness (QED) is 0.666. The Kier molecular flexibility index (Phi) is 6.70. The number of carbonyl (C=O) groups excluding carboxylic acids is 2. The molecule has 0 unspecified atom stereocenters. The van der Waals surface area contributed by atoms with E-state index >= 15 is 0 Å². The Hall–Kier alpha value is -3.24. The van der Waals surface area contributed by atoms with Gasteiger partial charge in [-0.25, -0.2) is 13.9 Å². The first-order chi connectivity index (χ1) is 16.4. The van der Waals surface area contributed by atoms with Crippen molar-refractivity contribution in [1.82, 2.24) is 13.9 Å². The highest BCUT2D eigenvalue weighted by Crippen LogP contribution is 2.27. The summed E-state index contributed by atoms with van der Waals surface area (Å²) >= 11 is 0. The predicted octanol–water partition coefficient (Wildman–Crippen LogP) is 3.87. The summed E-state index contributed by atoms with van der Waals surface area (Å²) in [4.78, 5) is 26.3. The fourth-order valence-electron chi connectivity index (χ4n) is 3.96. The topological polar surface area (TPSA) is 98.8 Å². The van der Waals surface area contributed by atoms with Gasteiger partial charge in [0, 0.05) is 36.3 Å². The molecule has 10 heteroatoms. The van der Waals surface area contributed by atoms with Crippen molar-refractivity contribution in [3.05, 3.63) is 71.0 Å². The number of nitrogens with zero attached hydrogens (tertiary/aromatic N) is 2. The number of hydrogen-bond donors (Lipinski definition) is 2. The average Bonchev–Trinajstić information content (AvgIpc) is 3.25. The molecule has 2 aliphatic rings. The third kappa shape index (κ3) is 5.54. The normalized spacial score (nSPS) is 16.5. The van der Waals surface area contributed by atoms with Crippen molar-refractivity contribution in [2.24, 2.45) is 5.41 Å². The number of urea groups is 1. The maximum atomic E-state index is 13.9. The monoisotopic (exact) mass is 500 g/mol. The number of fused-ring (bicyclic) bond motifs is 1. The van der Waals surface area contributed by atoms with Crippen molar-refractivity contribution in [3.63, 3.8) is 0 Å². The van der Waals surface area contributed by atoms with Crippen molar-refractivity contribution >= 4 is 33.4 Å². The van der Waals surface area contributed by atoms with Gasteiger partial charge in [0.1, 0.15) is 5.82 Å². The van der Waals surface area contributed by atoms with E-state index in [0.29, 0.717) is 24.2 Å². The van der Waals surface area contributed by atoms with Crippen LogP contribution in [0.3, 0.4) is 0 Å². The van der Waals surface area contributed by atoms with E-state index in [9.17, 15) is 22.4 Å². The van der Waals surface area contributed by atoms with Crippen LogP contribution in [-0.2, 0) is 28.1 Å². The third-order valence-electron chi connectivity index (χ3n) is 6.13. The molecule has 8 nitrogen and oxygen atoms in total. The molecule has 2 aromatic rings. The lowest BCUT2D eigenvalue weighted by molar-refractivity contribution is -0.126. The van der Waals surface area contributed by atoms with Crippen LogP contribution in [0.5, 0.6) is 0 Å². The zero-order chi connectivity index (χ0) is 25.4. The largest absolute Gasteiger partial charge is 0.322 e. The number of halogens is 1. The molecule has 0 fully saturated rings. The Labute approximate surface area is 205 Å². The minimum absolute atomic E-state index is 0.159. The molecular weight excluding hydrogens is 471 g/mol. The van der Waals surface area contributed by atoms with Crippen LogP contribution in [-0.4, -0.2) is 42.7 Å². The minimum Gasteiger partial charge on any atom is -0.316 e. The lowest BCUT2D eigenvalue weighted by Gasteiger charge is -2.27. The summed E-state index contributed by atoms with van der Waals surface area (Å²) in [6, 6.07) is 11.9. The lowest BCUT2D eigenvalue weighted by Crippen LogP contribution is -2.48. The molecule has 0 bridgehead atoms. The molecule has 0 radical (unpaired) electrons. The van der Waals surface area contributed by atoms with E-state index in [1.807, 2.05) is 24.3 Å². The fraction of sp³-hybridized carbons (Fsp3) is 0.360. The summed E-state index contributed by atoms with van der Waals surface area (Å²) in [5.41, 5.74) is 3.08. The van der Waals surface area contributed by atoms with E-state index in [-0.39, 0.29) is 31.5 Å². The summed E-state index contributed by atoms with van der Waals surface area (Å²) in [6.45, 7) is 5.97. The van der Waals surface area contributed by atoms with Gasteiger partial charge in [0.25, 0.3) is 0 Å². The van der Waals surface area contributed by atoms with Crippen LogP contribution in [0.4, 0.5) is 14.9 Å². The van der Waals surface area contributed by atoms with Crippen LogP contribution in [0.25, 0.3) is 5.57 Å². The summed E-state index contributed by atoms with van der Waals surface area (Å²) in [5.74, 6) is -0.848. The molecule has 4 rings (SSSR count). The molecule has 0 spiro atoms. The Morgan fingerprint density at radius 2 is 1.74 bits per heavy atom. The maximum Gasteiger partial charge on any atom is 0.322 e. The Morgan fingerprint density at radius 3 is 2.34 bits per heavy atom. The van der Waals surface area contributed by atoms with E-state index in [2.05, 4.69) is 10.0 Å². The molecule has 0 saturated heterocycles. The highest BCUT2D eigenvalue weighted by Gasteiger charge is 2.31. The van der Waals surface area contributed by atoms with Gasteiger partial charge in [-0.2, -0.15) is 12.7 Å². The van der Waals surface area contributed by atoms with Crippen molar-refractivity contribution in [2.45, 2.75) is 40.3 Å². The van der Waals surface area contributed by atoms with Crippen LogP contribution < -0.4 is 10.0 Å². The van der Waals surface area contributed by atoms with Crippen LogP contribution in [0, 0.1) is 11.2 Å².